The zero-order chi connectivity index (χ0) is 20.8. The first-order chi connectivity index (χ1) is 14.0. The summed E-state index contributed by atoms with van der Waals surface area (Å²) in [5.74, 6) is -0.0191. The van der Waals surface area contributed by atoms with Crippen molar-refractivity contribution >= 4 is 17.5 Å². The summed E-state index contributed by atoms with van der Waals surface area (Å²) in [5.41, 5.74) is 2.05. The van der Waals surface area contributed by atoms with Crippen LogP contribution in [0, 0.1) is 5.82 Å². The summed E-state index contributed by atoms with van der Waals surface area (Å²) >= 11 is 5.90. The van der Waals surface area contributed by atoms with Gasteiger partial charge in [-0.25, -0.2) is 4.39 Å². The van der Waals surface area contributed by atoms with Gasteiger partial charge in [-0.2, -0.15) is 0 Å². The largest absolute Gasteiger partial charge is 0.494 e. The van der Waals surface area contributed by atoms with E-state index in [-0.39, 0.29) is 18.2 Å². The molecule has 0 saturated heterocycles. The molecule has 0 radical (unpaired) electrons. The van der Waals surface area contributed by atoms with Crippen LogP contribution in [0.1, 0.15) is 21.5 Å². The Morgan fingerprint density at radius 2 is 1.69 bits per heavy atom. The van der Waals surface area contributed by atoms with E-state index < -0.39 is 5.82 Å². The Hall–Kier alpha value is -3.05. The van der Waals surface area contributed by atoms with Gasteiger partial charge in [-0.3, -0.25) is 4.79 Å². The van der Waals surface area contributed by atoms with Crippen LogP contribution in [0.4, 0.5) is 4.39 Å². The molecule has 4 nitrogen and oxygen atoms in total. The normalized spacial score (nSPS) is 10.5. The minimum atomic E-state index is -0.461. The summed E-state index contributed by atoms with van der Waals surface area (Å²) < 4.78 is 24.7. The summed E-state index contributed by atoms with van der Waals surface area (Å²) in [5, 5.41) is 0.654. The van der Waals surface area contributed by atoms with Crippen LogP contribution < -0.4 is 9.47 Å². The standard InChI is InChI=1S/C23H21ClFNO3/c1-26(14-17-9-12-22(28-2)20(25)13-17)23(27)19-5-3-4-6-21(19)29-15-16-7-10-18(24)11-8-16/h3-13H,14-15H2,1-2H3. The quantitative estimate of drug-likeness (QED) is 0.525. The SMILES string of the molecule is COc1ccc(CN(C)C(=O)c2ccccc2OCc2ccc(Cl)cc2)cc1F. The van der Waals surface area contributed by atoms with Crippen molar-refractivity contribution in [1.29, 1.82) is 0 Å². The van der Waals surface area contributed by atoms with E-state index in [4.69, 9.17) is 21.1 Å². The highest BCUT2D eigenvalue weighted by atomic mass is 35.5. The third-order valence-corrected chi connectivity index (χ3v) is 4.66. The van der Waals surface area contributed by atoms with E-state index in [1.165, 1.54) is 18.1 Å². The van der Waals surface area contributed by atoms with E-state index in [2.05, 4.69) is 0 Å². The first-order valence-electron chi connectivity index (χ1n) is 9.02. The molecular weight excluding hydrogens is 393 g/mol. The van der Waals surface area contributed by atoms with E-state index in [1.807, 2.05) is 18.2 Å². The molecule has 0 N–H and O–H groups in total. The number of benzene rings is 3. The Labute approximate surface area is 174 Å². The smallest absolute Gasteiger partial charge is 0.257 e. The van der Waals surface area contributed by atoms with Crippen LogP contribution >= 0.6 is 11.6 Å². The Morgan fingerprint density at radius 1 is 1.00 bits per heavy atom. The lowest BCUT2D eigenvalue weighted by atomic mass is 10.1. The number of halogens is 2. The first-order valence-corrected chi connectivity index (χ1v) is 9.40. The van der Waals surface area contributed by atoms with Gasteiger partial charge < -0.3 is 14.4 Å². The number of amides is 1. The highest BCUT2D eigenvalue weighted by molar-refractivity contribution is 6.30. The molecule has 0 aromatic heterocycles. The van der Waals surface area contributed by atoms with Gasteiger partial charge in [0.15, 0.2) is 11.6 Å². The van der Waals surface area contributed by atoms with Gasteiger partial charge in [0.1, 0.15) is 12.4 Å². The molecule has 0 saturated carbocycles. The number of hydrogen-bond donors (Lipinski definition) is 0. The molecule has 3 rings (SSSR count). The molecule has 3 aromatic carbocycles. The van der Waals surface area contributed by atoms with Gasteiger partial charge in [-0.1, -0.05) is 41.9 Å². The number of carbonyl (C=O) groups excluding carboxylic acids is 1. The maximum atomic E-state index is 13.9. The van der Waals surface area contributed by atoms with E-state index >= 15 is 0 Å². The molecule has 0 spiro atoms. The second-order valence-electron chi connectivity index (χ2n) is 6.54. The molecule has 150 valence electrons. The predicted octanol–water partition coefficient (Wildman–Crippen LogP) is 5.34. The Kier molecular flexibility index (Phi) is 6.73. The van der Waals surface area contributed by atoms with Gasteiger partial charge in [0.25, 0.3) is 5.91 Å². The number of ether oxygens (including phenoxy) is 2. The van der Waals surface area contributed by atoms with Gasteiger partial charge >= 0.3 is 0 Å². The highest BCUT2D eigenvalue weighted by Crippen LogP contribution is 2.23. The van der Waals surface area contributed by atoms with Crippen LogP contribution in [0.15, 0.2) is 66.7 Å². The Bertz CT molecular complexity index is 992. The molecule has 0 aliphatic rings. The predicted molar refractivity (Wildman–Crippen MR) is 111 cm³/mol. The van der Waals surface area contributed by atoms with Crippen molar-refractivity contribution in [3.05, 3.63) is 94.3 Å². The number of hydrogen-bond acceptors (Lipinski definition) is 3. The number of para-hydroxylation sites is 1. The average Bonchev–Trinajstić information content (AvgIpc) is 2.73. The van der Waals surface area contributed by atoms with E-state index in [1.54, 1.807) is 49.5 Å². The molecule has 0 heterocycles. The molecule has 29 heavy (non-hydrogen) atoms. The van der Waals surface area contributed by atoms with Crippen LogP contribution in [-0.2, 0) is 13.2 Å². The van der Waals surface area contributed by atoms with Crippen LogP contribution in [0.5, 0.6) is 11.5 Å². The molecule has 0 unspecified atom stereocenters. The van der Waals surface area contributed by atoms with Crippen LogP contribution in [0.3, 0.4) is 0 Å². The molecule has 0 aliphatic carbocycles. The van der Waals surface area contributed by atoms with Gasteiger partial charge in [-0.15, -0.1) is 0 Å². The third-order valence-electron chi connectivity index (χ3n) is 4.41. The summed E-state index contributed by atoms with van der Waals surface area (Å²) in [6.07, 6.45) is 0. The zero-order valence-corrected chi connectivity index (χ0v) is 16.9. The van der Waals surface area contributed by atoms with Gasteiger partial charge in [0, 0.05) is 18.6 Å². The molecule has 1 amide bonds. The molecule has 0 bridgehead atoms. The number of methoxy groups -OCH3 is 1. The van der Waals surface area contributed by atoms with Crippen molar-refractivity contribution in [2.24, 2.45) is 0 Å². The lowest BCUT2D eigenvalue weighted by molar-refractivity contribution is 0.0780. The molecule has 0 aliphatic heterocycles. The number of nitrogens with zero attached hydrogens (tertiary/aromatic N) is 1. The third kappa shape index (κ3) is 5.27. The fourth-order valence-corrected chi connectivity index (χ4v) is 3.00. The minimum Gasteiger partial charge on any atom is -0.494 e. The van der Waals surface area contributed by atoms with Gasteiger partial charge in [0.2, 0.25) is 0 Å². The Morgan fingerprint density at radius 3 is 2.38 bits per heavy atom. The topological polar surface area (TPSA) is 38.8 Å². The second-order valence-corrected chi connectivity index (χ2v) is 6.98. The van der Waals surface area contributed by atoms with E-state index in [0.29, 0.717) is 28.5 Å². The van der Waals surface area contributed by atoms with Crippen molar-refractivity contribution in [1.82, 2.24) is 4.90 Å². The van der Waals surface area contributed by atoms with Crippen molar-refractivity contribution in [3.8, 4) is 11.5 Å². The molecule has 3 aromatic rings. The monoisotopic (exact) mass is 413 g/mol. The minimum absolute atomic E-state index is 0.170. The van der Waals surface area contributed by atoms with Gasteiger partial charge in [0.05, 0.1) is 12.7 Å². The number of carbonyl (C=O) groups is 1. The van der Waals surface area contributed by atoms with Crippen LogP contribution in [0.2, 0.25) is 5.02 Å². The summed E-state index contributed by atoms with van der Waals surface area (Å²) in [7, 11) is 3.08. The fourth-order valence-electron chi connectivity index (χ4n) is 2.87. The van der Waals surface area contributed by atoms with E-state index in [9.17, 15) is 9.18 Å². The van der Waals surface area contributed by atoms with Crippen molar-refractivity contribution in [3.63, 3.8) is 0 Å². The Balaban J connectivity index is 1.71. The van der Waals surface area contributed by atoms with Gasteiger partial charge in [-0.05, 0) is 47.5 Å². The second kappa shape index (κ2) is 9.43. The maximum Gasteiger partial charge on any atom is 0.257 e. The molecule has 0 atom stereocenters. The van der Waals surface area contributed by atoms with E-state index in [0.717, 1.165) is 5.56 Å². The highest BCUT2D eigenvalue weighted by Gasteiger charge is 2.17. The molecule has 0 fully saturated rings. The maximum absolute atomic E-state index is 13.9. The summed E-state index contributed by atoms with van der Waals surface area (Å²) in [6.45, 7) is 0.570. The van der Waals surface area contributed by atoms with Crippen molar-refractivity contribution in [2.75, 3.05) is 14.2 Å². The van der Waals surface area contributed by atoms with Crippen LogP contribution in [-0.4, -0.2) is 25.0 Å². The zero-order valence-electron chi connectivity index (χ0n) is 16.2. The lowest BCUT2D eigenvalue weighted by Crippen LogP contribution is -2.26. The fraction of sp³-hybridized carbons (Fsp3) is 0.174. The summed E-state index contributed by atoms with van der Waals surface area (Å²) in [6, 6.07) is 19.0. The van der Waals surface area contributed by atoms with Crippen molar-refractivity contribution in [2.45, 2.75) is 13.2 Å². The van der Waals surface area contributed by atoms with Crippen LogP contribution in [0.25, 0.3) is 0 Å². The molecule has 6 heteroatoms. The lowest BCUT2D eigenvalue weighted by Gasteiger charge is -2.19. The first kappa shape index (κ1) is 20.7. The number of rotatable bonds is 7. The molecular formula is C23H21ClFNO3. The van der Waals surface area contributed by atoms with Crippen molar-refractivity contribution < 1.29 is 18.7 Å². The summed E-state index contributed by atoms with van der Waals surface area (Å²) in [4.78, 5) is 14.5. The average molecular weight is 414 g/mol.